The number of aryl methyl sites for hydroxylation is 2. The van der Waals surface area contributed by atoms with Crippen LogP contribution < -0.4 is 16.0 Å². The van der Waals surface area contributed by atoms with E-state index >= 15 is 0 Å². The lowest BCUT2D eigenvalue weighted by Crippen LogP contribution is -2.32. The SMILES string of the molecule is [2H]C([2H])([2H])C(NCCCNC(=O)Nc1c(C)cc(O)cc1C)C([2H])([2H])[2H]. The van der Waals surface area contributed by atoms with Crippen LogP contribution >= 0.6 is 0 Å². The summed E-state index contributed by atoms with van der Waals surface area (Å²) in [5, 5.41) is 17.3. The van der Waals surface area contributed by atoms with Crippen LogP contribution in [-0.4, -0.2) is 30.3 Å². The fourth-order valence-electron chi connectivity index (χ4n) is 1.83. The third kappa shape index (κ3) is 5.48. The third-order valence-corrected chi connectivity index (χ3v) is 2.74. The number of phenolic OH excluding ortho intramolecular Hbond substituents is 1. The van der Waals surface area contributed by atoms with Gasteiger partial charge in [-0.1, -0.05) is 13.7 Å². The summed E-state index contributed by atoms with van der Waals surface area (Å²) in [7, 11) is 0. The van der Waals surface area contributed by atoms with Crippen LogP contribution in [-0.2, 0) is 0 Å². The van der Waals surface area contributed by atoms with Gasteiger partial charge in [-0.2, -0.15) is 0 Å². The van der Waals surface area contributed by atoms with Gasteiger partial charge >= 0.3 is 6.03 Å². The van der Waals surface area contributed by atoms with Gasteiger partial charge in [-0.3, -0.25) is 0 Å². The molecule has 4 N–H and O–H groups in total. The number of rotatable bonds is 6. The highest BCUT2D eigenvalue weighted by molar-refractivity contribution is 5.91. The molecule has 0 spiro atoms. The molecule has 112 valence electrons. The number of anilines is 1. The Morgan fingerprint density at radius 3 is 2.55 bits per heavy atom. The Bertz CT molecular complexity index is 594. The number of hydrogen-bond donors (Lipinski definition) is 4. The number of hydrogen-bond acceptors (Lipinski definition) is 3. The van der Waals surface area contributed by atoms with E-state index in [9.17, 15) is 9.90 Å². The van der Waals surface area contributed by atoms with Crippen LogP contribution in [0, 0.1) is 13.8 Å². The first-order chi connectivity index (χ1) is 11.8. The van der Waals surface area contributed by atoms with E-state index in [1.807, 2.05) is 0 Å². The lowest BCUT2D eigenvalue weighted by Gasteiger charge is -2.13. The van der Waals surface area contributed by atoms with Crippen molar-refractivity contribution in [2.45, 2.75) is 40.0 Å². The molecule has 0 aliphatic carbocycles. The molecule has 0 saturated heterocycles. The van der Waals surface area contributed by atoms with E-state index in [1.165, 1.54) is 12.1 Å². The van der Waals surface area contributed by atoms with Crippen molar-refractivity contribution in [3.8, 4) is 5.75 Å². The molecule has 20 heavy (non-hydrogen) atoms. The van der Waals surface area contributed by atoms with E-state index in [0.717, 1.165) is 11.1 Å². The summed E-state index contributed by atoms with van der Waals surface area (Å²) in [6, 6.07) is 1.03. The highest BCUT2D eigenvalue weighted by atomic mass is 16.3. The first-order valence-electron chi connectivity index (χ1n) is 9.41. The summed E-state index contributed by atoms with van der Waals surface area (Å²) in [6.45, 7) is -1.37. The highest BCUT2D eigenvalue weighted by Crippen LogP contribution is 2.25. The van der Waals surface area contributed by atoms with Crippen LogP contribution in [0.3, 0.4) is 0 Å². The van der Waals surface area contributed by atoms with Crippen LogP contribution in [0.4, 0.5) is 10.5 Å². The van der Waals surface area contributed by atoms with Crippen LogP contribution in [0.1, 0.15) is 39.5 Å². The fourth-order valence-corrected chi connectivity index (χ4v) is 1.83. The van der Waals surface area contributed by atoms with E-state index in [-0.39, 0.29) is 18.8 Å². The molecule has 2 amide bonds. The van der Waals surface area contributed by atoms with Crippen LogP contribution in [0.5, 0.6) is 5.75 Å². The lowest BCUT2D eigenvalue weighted by atomic mass is 10.1. The van der Waals surface area contributed by atoms with E-state index in [0.29, 0.717) is 12.1 Å². The molecule has 0 radical (unpaired) electrons. The van der Waals surface area contributed by atoms with Gasteiger partial charge in [0.1, 0.15) is 5.75 Å². The smallest absolute Gasteiger partial charge is 0.319 e. The number of carbonyl (C=O) groups is 1. The molecule has 0 aliphatic rings. The third-order valence-electron chi connectivity index (χ3n) is 2.74. The van der Waals surface area contributed by atoms with Crippen molar-refractivity contribution in [1.82, 2.24) is 10.6 Å². The molecule has 0 atom stereocenters. The number of nitrogens with one attached hydrogen (secondary N) is 3. The predicted molar refractivity (Wildman–Crippen MR) is 82.4 cm³/mol. The van der Waals surface area contributed by atoms with Gasteiger partial charge in [0.15, 0.2) is 0 Å². The molecule has 0 aliphatic heterocycles. The molecule has 0 bridgehead atoms. The molecule has 0 heterocycles. The second-order valence-electron chi connectivity index (χ2n) is 4.58. The second kappa shape index (κ2) is 7.75. The van der Waals surface area contributed by atoms with Crippen LogP contribution in [0.25, 0.3) is 0 Å². The van der Waals surface area contributed by atoms with Crippen LogP contribution in [0.2, 0.25) is 0 Å². The summed E-state index contributed by atoms with van der Waals surface area (Å²) in [4.78, 5) is 11.9. The van der Waals surface area contributed by atoms with E-state index in [1.54, 1.807) is 13.8 Å². The normalized spacial score (nSPS) is 16.4. The molecule has 0 fully saturated rings. The first kappa shape index (κ1) is 9.23. The average Bonchev–Trinajstić information content (AvgIpc) is 2.43. The summed E-state index contributed by atoms with van der Waals surface area (Å²) in [5.41, 5.74) is 2.04. The van der Waals surface area contributed by atoms with Crippen molar-refractivity contribution in [2.75, 3.05) is 18.4 Å². The van der Waals surface area contributed by atoms with E-state index in [4.69, 9.17) is 8.22 Å². The van der Waals surface area contributed by atoms with Gasteiger partial charge in [-0.15, -0.1) is 0 Å². The summed E-state index contributed by atoms with van der Waals surface area (Å²) < 4.78 is 43.7. The first-order valence-corrected chi connectivity index (χ1v) is 6.41. The van der Waals surface area contributed by atoms with Gasteiger partial charge < -0.3 is 21.1 Å². The van der Waals surface area contributed by atoms with Gasteiger partial charge in [0.25, 0.3) is 0 Å². The molecular weight excluding hydrogens is 254 g/mol. The molecule has 1 aromatic rings. The quantitative estimate of drug-likeness (QED) is 0.479. The zero-order valence-corrected chi connectivity index (χ0v) is 11.7. The number of aromatic hydroxyl groups is 1. The maximum Gasteiger partial charge on any atom is 0.319 e. The Morgan fingerprint density at radius 1 is 1.30 bits per heavy atom. The van der Waals surface area contributed by atoms with Crippen molar-refractivity contribution in [3.63, 3.8) is 0 Å². The number of benzene rings is 1. The topological polar surface area (TPSA) is 73.4 Å². The number of carbonyl (C=O) groups excluding carboxylic acids is 1. The molecule has 0 saturated carbocycles. The predicted octanol–water partition coefficient (Wildman–Crippen LogP) is 2.52. The van der Waals surface area contributed by atoms with Gasteiger partial charge in [0.2, 0.25) is 0 Å². The average molecular weight is 285 g/mol. The molecule has 0 aromatic heterocycles. The minimum absolute atomic E-state index is 0.120. The Labute approximate surface area is 129 Å². The van der Waals surface area contributed by atoms with Gasteiger partial charge in [0.05, 0.1) is 0 Å². The van der Waals surface area contributed by atoms with Crippen molar-refractivity contribution < 1.29 is 18.1 Å². The van der Waals surface area contributed by atoms with Gasteiger partial charge in [-0.25, -0.2) is 4.79 Å². The molecule has 1 rings (SSSR count). The second-order valence-corrected chi connectivity index (χ2v) is 4.58. The monoisotopic (exact) mass is 285 g/mol. The van der Waals surface area contributed by atoms with E-state index in [2.05, 4.69) is 16.0 Å². The molecule has 1 aromatic carbocycles. The Hall–Kier alpha value is -1.75. The van der Waals surface area contributed by atoms with Crippen molar-refractivity contribution >= 4 is 11.7 Å². The number of urea groups is 1. The minimum Gasteiger partial charge on any atom is -0.508 e. The molecule has 5 heteroatoms. The van der Waals surface area contributed by atoms with Gasteiger partial charge in [-0.05, 0) is 50.1 Å². The van der Waals surface area contributed by atoms with Gasteiger partial charge in [0, 0.05) is 26.5 Å². The standard InChI is InChI=1S/C15H25N3O2/c1-10(2)16-6-5-7-17-15(20)18-14-11(3)8-13(19)9-12(14)4/h8-10,16,19H,5-7H2,1-4H3,(H2,17,18,20)/i1D3,2D3. The zero-order valence-electron chi connectivity index (χ0n) is 17.7. The highest BCUT2D eigenvalue weighted by Gasteiger charge is 2.08. The summed E-state index contributed by atoms with van der Waals surface area (Å²) in [6.07, 6.45) is 0.365. The molecular formula is C15H25N3O2. The Kier molecular flexibility index (Phi) is 3.58. The number of phenols is 1. The largest absolute Gasteiger partial charge is 0.508 e. The number of amides is 2. The molecule has 0 unspecified atom stereocenters. The Balaban J connectivity index is 2.43. The maximum atomic E-state index is 11.9. The van der Waals surface area contributed by atoms with Crippen molar-refractivity contribution in [2.24, 2.45) is 0 Å². The van der Waals surface area contributed by atoms with Crippen LogP contribution in [0.15, 0.2) is 12.1 Å². The Morgan fingerprint density at radius 2 is 1.95 bits per heavy atom. The summed E-state index contributed by atoms with van der Waals surface area (Å²) in [5.74, 6) is 0.120. The maximum absolute atomic E-state index is 11.9. The fraction of sp³-hybridized carbons (Fsp3) is 0.533. The van der Waals surface area contributed by atoms with E-state index < -0.39 is 25.8 Å². The zero-order chi connectivity index (χ0) is 20.1. The lowest BCUT2D eigenvalue weighted by molar-refractivity contribution is 0.252. The van der Waals surface area contributed by atoms with Crippen molar-refractivity contribution in [1.29, 1.82) is 0 Å². The van der Waals surface area contributed by atoms with Crippen molar-refractivity contribution in [3.05, 3.63) is 23.3 Å². The molecule has 5 nitrogen and oxygen atoms in total. The summed E-state index contributed by atoms with van der Waals surface area (Å²) >= 11 is 0. The minimum atomic E-state index is -2.63.